The van der Waals surface area contributed by atoms with Crippen LogP contribution in [0.1, 0.15) is 5.56 Å². The van der Waals surface area contributed by atoms with Gasteiger partial charge in [-0.05, 0) is 48.5 Å². The Hall–Kier alpha value is -1.73. The van der Waals surface area contributed by atoms with Crippen LogP contribution in [0.4, 0.5) is 5.69 Å². The lowest BCUT2D eigenvalue weighted by molar-refractivity contribution is 0.307. The molecule has 0 aliphatic rings. The molecule has 0 spiro atoms. The van der Waals surface area contributed by atoms with Gasteiger partial charge < -0.3 is 4.74 Å². The monoisotopic (exact) mass is 485 g/mol. The molecule has 0 atom stereocenters. The summed E-state index contributed by atoms with van der Waals surface area (Å²) < 4.78 is 34.4. The quantitative estimate of drug-likeness (QED) is 0.455. The van der Waals surface area contributed by atoms with Crippen molar-refractivity contribution in [3.63, 3.8) is 0 Å². The van der Waals surface area contributed by atoms with Crippen molar-refractivity contribution >= 4 is 54.8 Å². The number of nitrogens with one attached hydrogen (secondary N) is 1. The molecule has 0 radical (unpaired) electrons. The molecule has 0 saturated carbocycles. The molecule has 4 nitrogen and oxygen atoms in total. The summed E-state index contributed by atoms with van der Waals surface area (Å²) in [4.78, 5) is 0.169. The second-order valence-corrected chi connectivity index (χ2v) is 9.02. The number of sulfonamides is 1. The molecule has 8 heteroatoms. The van der Waals surface area contributed by atoms with Crippen molar-refractivity contribution in [1.82, 2.24) is 0 Å². The van der Waals surface area contributed by atoms with E-state index in [1.165, 1.54) is 12.1 Å². The molecule has 3 aromatic carbocycles. The van der Waals surface area contributed by atoms with Gasteiger partial charge in [-0.1, -0.05) is 57.3 Å². The highest BCUT2D eigenvalue weighted by Gasteiger charge is 2.16. The average molecular weight is 487 g/mol. The predicted molar refractivity (Wildman–Crippen MR) is 112 cm³/mol. The Labute approximate surface area is 176 Å². The standard InChI is InChI=1S/C19H14BrCl2NO3S/c20-14-5-8-16(9-6-14)27(24,25)23-18-4-2-1-3-13(18)12-26-19-10-7-15(21)11-17(19)22/h1-11,23H,12H2. The van der Waals surface area contributed by atoms with E-state index in [2.05, 4.69) is 20.7 Å². The van der Waals surface area contributed by atoms with Crippen LogP contribution in [-0.2, 0) is 16.6 Å². The maximum Gasteiger partial charge on any atom is 0.261 e. The molecule has 0 saturated heterocycles. The largest absolute Gasteiger partial charge is 0.487 e. The van der Waals surface area contributed by atoms with E-state index in [-0.39, 0.29) is 11.5 Å². The van der Waals surface area contributed by atoms with E-state index in [4.69, 9.17) is 27.9 Å². The zero-order chi connectivity index (χ0) is 19.4. The smallest absolute Gasteiger partial charge is 0.261 e. The van der Waals surface area contributed by atoms with E-state index >= 15 is 0 Å². The molecule has 27 heavy (non-hydrogen) atoms. The van der Waals surface area contributed by atoms with E-state index in [9.17, 15) is 8.42 Å². The highest BCUT2D eigenvalue weighted by atomic mass is 79.9. The fraction of sp³-hybridized carbons (Fsp3) is 0.0526. The number of ether oxygens (including phenoxy) is 1. The molecule has 0 bridgehead atoms. The number of hydrogen-bond donors (Lipinski definition) is 1. The molecule has 3 rings (SSSR count). The zero-order valence-electron chi connectivity index (χ0n) is 13.8. The first-order valence-corrected chi connectivity index (χ1v) is 10.8. The highest BCUT2D eigenvalue weighted by molar-refractivity contribution is 9.10. The number of rotatable bonds is 6. The minimum absolute atomic E-state index is 0.139. The first-order valence-electron chi connectivity index (χ1n) is 7.79. The molecule has 3 aromatic rings. The molecule has 0 aliphatic heterocycles. The first-order chi connectivity index (χ1) is 12.8. The van der Waals surface area contributed by atoms with Crippen molar-refractivity contribution < 1.29 is 13.2 Å². The Morgan fingerprint density at radius 2 is 1.67 bits per heavy atom. The van der Waals surface area contributed by atoms with E-state index < -0.39 is 10.0 Å². The Morgan fingerprint density at radius 1 is 0.963 bits per heavy atom. The van der Waals surface area contributed by atoms with Gasteiger partial charge in [0.2, 0.25) is 0 Å². The van der Waals surface area contributed by atoms with Gasteiger partial charge in [-0.3, -0.25) is 4.72 Å². The fourth-order valence-corrected chi connectivity index (χ4v) is 4.14. The fourth-order valence-electron chi connectivity index (χ4n) is 2.31. The van der Waals surface area contributed by atoms with E-state index in [1.807, 2.05) is 0 Å². The van der Waals surface area contributed by atoms with Crippen LogP contribution in [-0.4, -0.2) is 8.42 Å². The van der Waals surface area contributed by atoms with Gasteiger partial charge in [-0.25, -0.2) is 8.42 Å². The summed E-state index contributed by atoms with van der Waals surface area (Å²) in [7, 11) is -3.72. The molecule has 0 aromatic heterocycles. The van der Waals surface area contributed by atoms with Crippen LogP contribution in [0.15, 0.2) is 76.1 Å². The van der Waals surface area contributed by atoms with Gasteiger partial charge in [-0.2, -0.15) is 0 Å². The third kappa shape index (κ3) is 5.17. The summed E-state index contributed by atoms with van der Waals surface area (Å²) in [6.07, 6.45) is 0. The van der Waals surface area contributed by atoms with Crippen LogP contribution in [0, 0.1) is 0 Å². The number of benzene rings is 3. The van der Waals surface area contributed by atoms with Crippen LogP contribution < -0.4 is 9.46 Å². The Bertz CT molecular complexity index is 1060. The van der Waals surface area contributed by atoms with Crippen LogP contribution in [0.25, 0.3) is 0 Å². The predicted octanol–water partition coefficient (Wildman–Crippen LogP) is 6.14. The topological polar surface area (TPSA) is 55.4 Å². The maximum absolute atomic E-state index is 12.6. The molecule has 1 N–H and O–H groups in total. The molecule has 140 valence electrons. The number of para-hydroxylation sites is 1. The molecule has 0 unspecified atom stereocenters. The van der Waals surface area contributed by atoms with E-state index in [0.717, 1.165) is 4.47 Å². The summed E-state index contributed by atoms with van der Waals surface area (Å²) >= 11 is 15.3. The van der Waals surface area contributed by atoms with Gasteiger partial charge in [0.25, 0.3) is 10.0 Å². The summed E-state index contributed by atoms with van der Waals surface area (Å²) in [6.45, 7) is 0.139. The van der Waals surface area contributed by atoms with Gasteiger partial charge in [0.15, 0.2) is 0 Å². The molecular weight excluding hydrogens is 473 g/mol. The average Bonchev–Trinajstić information content (AvgIpc) is 2.62. The SMILES string of the molecule is O=S(=O)(Nc1ccccc1COc1ccc(Cl)cc1Cl)c1ccc(Br)cc1. The lowest BCUT2D eigenvalue weighted by Crippen LogP contribution is -2.14. The van der Waals surface area contributed by atoms with Gasteiger partial charge >= 0.3 is 0 Å². The van der Waals surface area contributed by atoms with Gasteiger partial charge in [0.1, 0.15) is 12.4 Å². The summed E-state index contributed by atoms with van der Waals surface area (Å²) in [5.74, 6) is 0.464. The van der Waals surface area contributed by atoms with Crippen LogP contribution in [0.5, 0.6) is 5.75 Å². The second kappa shape index (κ2) is 8.52. The second-order valence-electron chi connectivity index (χ2n) is 5.58. The summed E-state index contributed by atoms with van der Waals surface area (Å²) in [5, 5.41) is 0.894. The third-order valence-electron chi connectivity index (χ3n) is 3.66. The lowest BCUT2D eigenvalue weighted by atomic mass is 10.2. The minimum atomic E-state index is -3.72. The third-order valence-corrected chi connectivity index (χ3v) is 6.10. The highest BCUT2D eigenvalue weighted by Crippen LogP contribution is 2.29. The zero-order valence-corrected chi connectivity index (χ0v) is 17.7. The van der Waals surface area contributed by atoms with Crippen LogP contribution >= 0.6 is 39.1 Å². The normalized spacial score (nSPS) is 11.2. The maximum atomic E-state index is 12.6. The van der Waals surface area contributed by atoms with E-state index in [0.29, 0.717) is 27.0 Å². The van der Waals surface area contributed by atoms with Gasteiger partial charge in [0, 0.05) is 15.1 Å². The molecule has 0 amide bonds. The molecule has 0 aliphatic carbocycles. The number of hydrogen-bond acceptors (Lipinski definition) is 3. The number of halogens is 3. The van der Waals surface area contributed by atoms with Crippen LogP contribution in [0.2, 0.25) is 10.0 Å². The van der Waals surface area contributed by atoms with Crippen LogP contribution in [0.3, 0.4) is 0 Å². The van der Waals surface area contributed by atoms with Gasteiger partial charge in [-0.15, -0.1) is 0 Å². The molecule has 0 fully saturated rings. The lowest BCUT2D eigenvalue weighted by Gasteiger charge is -2.14. The molecule has 0 heterocycles. The van der Waals surface area contributed by atoms with Gasteiger partial charge in [0.05, 0.1) is 15.6 Å². The minimum Gasteiger partial charge on any atom is -0.487 e. The van der Waals surface area contributed by atoms with Crippen molar-refractivity contribution in [1.29, 1.82) is 0 Å². The van der Waals surface area contributed by atoms with Crippen molar-refractivity contribution in [2.45, 2.75) is 11.5 Å². The van der Waals surface area contributed by atoms with Crippen molar-refractivity contribution in [2.24, 2.45) is 0 Å². The van der Waals surface area contributed by atoms with Crippen molar-refractivity contribution in [3.8, 4) is 5.75 Å². The number of anilines is 1. The Morgan fingerprint density at radius 3 is 2.37 bits per heavy atom. The van der Waals surface area contributed by atoms with E-state index in [1.54, 1.807) is 54.6 Å². The summed E-state index contributed by atoms with van der Waals surface area (Å²) in [6, 6.07) is 18.3. The van der Waals surface area contributed by atoms with Crippen molar-refractivity contribution in [3.05, 3.63) is 86.8 Å². The summed E-state index contributed by atoms with van der Waals surface area (Å²) in [5.41, 5.74) is 1.11. The Kier molecular flexibility index (Phi) is 6.32. The molecular formula is C19H14BrCl2NO3S. The first kappa shape index (κ1) is 20.0. The Balaban J connectivity index is 1.80. The van der Waals surface area contributed by atoms with Crippen molar-refractivity contribution in [2.75, 3.05) is 4.72 Å².